The van der Waals surface area contributed by atoms with Crippen LogP contribution in [0.1, 0.15) is 15.9 Å². The molecule has 2 rings (SSSR count). The van der Waals surface area contributed by atoms with Gasteiger partial charge in [0.2, 0.25) is 0 Å². The maximum absolute atomic E-state index is 11.7. The van der Waals surface area contributed by atoms with E-state index in [0.717, 1.165) is 13.1 Å². The number of benzene rings is 1. The normalized spacial score (nSPS) is 16.0. The number of amides is 1. The third-order valence-electron chi connectivity index (χ3n) is 3.03. The highest BCUT2D eigenvalue weighted by atomic mass is 16.5. The quantitative estimate of drug-likeness (QED) is 0.596. The molecule has 0 spiro atoms. The SMILES string of the molecule is O=C(CN1CCOCC1)NN=Cc1ccc(C(=O)O)cc1. The highest BCUT2D eigenvalue weighted by Gasteiger charge is 2.13. The van der Waals surface area contributed by atoms with E-state index in [1.54, 1.807) is 12.1 Å². The van der Waals surface area contributed by atoms with E-state index < -0.39 is 5.97 Å². The molecular formula is C14H17N3O4. The summed E-state index contributed by atoms with van der Waals surface area (Å²) in [5.74, 6) is -1.16. The van der Waals surface area contributed by atoms with E-state index in [4.69, 9.17) is 9.84 Å². The Bertz CT molecular complexity index is 522. The molecule has 21 heavy (non-hydrogen) atoms. The Kier molecular flexibility index (Phi) is 5.42. The van der Waals surface area contributed by atoms with Crippen molar-refractivity contribution in [1.82, 2.24) is 10.3 Å². The molecule has 0 unspecified atom stereocenters. The summed E-state index contributed by atoms with van der Waals surface area (Å²) in [6, 6.07) is 6.22. The fourth-order valence-electron chi connectivity index (χ4n) is 1.89. The Morgan fingerprint density at radius 2 is 1.95 bits per heavy atom. The summed E-state index contributed by atoms with van der Waals surface area (Å²) < 4.78 is 5.20. The molecule has 1 amide bonds. The summed E-state index contributed by atoms with van der Waals surface area (Å²) in [5, 5.41) is 12.6. The number of nitrogens with zero attached hydrogens (tertiary/aromatic N) is 2. The van der Waals surface area contributed by atoms with Gasteiger partial charge in [-0.2, -0.15) is 5.10 Å². The number of hydrogen-bond donors (Lipinski definition) is 2. The molecule has 0 aliphatic carbocycles. The van der Waals surface area contributed by atoms with Crippen LogP contribution in [0.2, 0.25) is 0 Å². The molecule has 0 aromatic heterocycles. The lowest BCUT2D eigenvalue weighted by Crippen LogP contribution is -2.42. The van der Waals surface area contributed by atoms with Gasteiger partial charge in [-0.25, -0.2) is 10.2 Å². The van der Waals surface area contributed by atoms with Gasteiger partial charge in [0.25, 0.3) is 5.91 Å². The highest BCUT2D eigenvalue weighted by Crippen LogP contribution is 2.02. The van der Waals surface area contributed by atoms with Gasteiger partial charge in [0.1, 0.15) is 0 Å². The molecule has 1 aromatic carbocycles. The van der Waals surface area contributed by atoms with Crippen LogP contribution in [0.15, 0.2) is 29.4 Å². The molecular weight excluding hydrogens is 274 g/mol. The number of carbonyl (C=O) groups excluding carboxylic acids is 1. The Balaban J connectivity index is 1.78. The van der Waals surface area contributed by atoms with Crippen LogP contribution in [0.4, 0.5) is 0 Å². The number of carboxylic acids is 1. The van der Waals surface area contributed by atoms with Crippen molar-refractivity contribution >= 4 is 18.1 Å². The molecule has 0 atom stereocenters. The van der Waals surface area contributed by atoms with Crippen molar-refractivity contribution < 1.29 is 19.4 Å². The molecule has 112 valence electrons. The summed E-state index contributed by atoms with van der Waals surface area (Å²) in [6.07, 6.45) is 1.48. The van der Waals surface area contributed by atoms with E-state index >= 15 is 0 Å². The zero-order chi connectivity index (χ0) is 15.1. The number of morpholine rings is 1. The molecule has 1 aromatic rings. The molecule has 1 saturated heterocycles. The molecule has 1 heterocycles. The van der Waals surface area contributed by atoms with E-state index in [0.29, 0.717) is 25.3 Å². The monoisotopic (exact) mass is 291 g/mol. The summed E-state index contributed by atoms with van der Waals surface area (Å²) in [6.45, 7) is 3.07. The van der Waals surface area contributed by atoms with Crippen LogP contribution >= 0.6 is 0 Å². The van der Waals surface area contributed by atoms with Crippen LogP contribution in [0.3, 0.4) is 0 Å². The van der Waals surface area contributed by atoms with Gasteiger partial charge in [-0.05, 0) is 17.7 Å². The summed E-state index contributed by atoms with van der Waals surface area (Å²) in [7, 11) is 0. The first-order valence-electron chi connectivity index (χ1n) is 6.60. The number of rotatable bonds is 5. The molecule has 1 aliphatic rings. The lowest BCUT2D eigenvalue weighted by molar-refractivity contribution is -0.123. The zero-order valence-corrected chi connectivity index (χ0v) is 11.5. The molecule has 7 heteroatoms. The Hall–Kier alpha value is -2.25. The van der Waals surface area contributed by atoms with E-state index in [-0.39, 0.29) is 11.5 Å². The minimum absolute atomic E-state index is 0.185. The molecule has 0 radical (unpaired) electrons. The lowest BCUT2D eigenvalue weighted by atomic mass is 10.1. The van der Waals surface area contributed by atoms with Crippen molar-refractivity contribution in [3.8, 4) is 0 Å². The van der Waals surface area contributed by atoms with Crippen molar-refractivity contribution in [2.45, 2.75) is 0 Å². The number of hydrazone groups is 1. The fourth-order valence-corrected chi connectivity index (χ4v) is 1.89. The largest absolute Gasteiger partial charge is 0.478 e. The number of nitrogens with one attached hydrogen (secondary N) is 1. The Morgan fingerprint density at radius 3 is 2.57 bits per heavy atom. The van der Waals surface area contributed by atoms with Gasteiger partial charge in [0, 0.05) is 13.1 Å². The second-order valence-electron chi connectivity index (χ2n) is 4.61. The first-order chi connectivity index (χ1) is 10.1. The van der Waals surface area contributed by atoms with Crippen molar-refractivity contribution in [1.29, 1.82) is 0 Å². The molecule has 1 fully saturated rings. The number of carbonyl (C=O) groups is 2. The summed E-state index contributed by atoms with van der Waals surface area (Å²) in [5.41, 5.74) is 3.37. The maximum atomic E-state index is 11.7. The Morgan fingerprint density at radius 1 is 1.29 bits per heavy atom. The maximum Gasteiger partial charge on any atom is 0.335 e. The number of aromatic carboxylic acids is 1. The van der Waals surface area contributed by atoms with E-state index in [9.17, 15) is 9.59 Å². The summed E-state index contributed by atoms with van der Waals surface area (Å²) in [4.78, 5) is 24.4. The molecule has 0 saturated carbocycles. The van der Waals surface area contributed by atoms with Crippen LogP contribution in [0, 0.1) is 0 Å². The van der Waals surface area contributed by atoms with Crippen molar-refractivity contribution in [2.24, 2.45) is 5.10 Å². The minimum Gasteiger partial charge on any atom is -0.478 e. The smallest absolute Gasteiger partial charge is 0.335 e. The second kappa shape index (κ2) is 7.51. The Labute approximate surface area is 122 Å². The van der Waals surface area contributed by atoms with Crippen molar-refractivity contribution in [3.63, 3.8) is 0 Å². The highest BCUT2D eigenvalue weighted by molar-refractivity contribution is 5.89. The average Bonchev–Trinajstić information content (AvgIpc) is 2.49. The molecule has 1 aliphatic heterocycles. The zero-order valence-electron chi connectivity index (χ0n) is 11.5. The van der Waals surface area contributed by atoms with Crippen LogP contribution < -0.4 is 5.43 Å². The average molecular weight is 291 g/mol. The van der Waals surface area contributed by atoms with Crippen LogP contribution in [-0.2, 0) is 9.53 Å². The topological polar surface area (TPSA) is 91.2 Å². The minimum atomic E-state index is -0.975. The first kappa shape index (κ1) is 15.1. The molecule has 0 bridgehead atoms. The van der Waals surface area contributed by atoms with Gasteiger partial charge in [-0.15, -0.1) is 0 Å². The second-order valence-corrected chi connectivity index (χ2v) is 4.61. The lowest BCUT2D eigenvalue weighted by Gasteiger charge is -2.25. The van der Waals surface area contributed by atoms with Crippen LogP contribution in [-0.4, -0.2) is 60.9 Å². The predicted molar refractivity (Wildman–Crippen MR) is 76.4 cm³/mol. The van der Waals surface area contributed by atoms with Gasteiger partial charge < -0.3 is 9.84 Å². The fraction of sp³-hybridized carbons (Fsp3) is 0.357. The third-order valence-corrected chi connectivity index (χ3v) is 3.03. The van der Waals surface area contributed by atoms with Crippen LogP contribution in [0.5, 0.6) is 0 Å². The van der Waals surface area contributed by atoms with Crippen molar-refractivity contribution in [2.75, 3.05) is 32.8 Å². The first-order valence-corrected chi connectivity index (χ1v) is 6.60. The number of hydrogen-bond acceptors (Lipinski definition) is 5. The molecule has 7 nitrogen and oxygen atoms in total. The van der Waals surface area contributed by atoms with Gasteiger partial charge in [0.15, 0.2) is 0 Å². The third kappa shape index (κ3) is 4.97. The van der Waals surface area contributed by atoms with Crippen LogP contribution in [0.25, 0.3) is 0 Å². The predicted octanol–water partition coefficient (Wildman–Crippen LogP) is 0.167. The van der Waals surface area contributed by atoms with E-state index in [2.05, 4.69) is 10.5 Å². The van der Waals surface area contributed by atoms with Gasteiger partial charge in [0.05, 0.1) is 31.5 Å². The number of ether oxygens (including phenoxy) is 1. The van der Waals surface area contributed by atoms with E-state index in [1.165, 1.54) is 18.3 Å². The van der Waals surface area contributed by atoms with Gasteiger partial charge in [-0.3, -0.25) is 9.69 Å². The van der Waals surface area contributed by atoms with E-state index in [1.807, 2.05) is 4.90 Å². The summed E-state index contributed by atoms with van der Waals surface area (Å²) >= 11 is 0. The number of carboxylic acid groups (broad SMARTS) is 1. The van der Waals surface area contributed by atoms with Gasteiger partial charge >= 0.3 is 5.97 Å². The molecule has 2 N–H and O–H groups in total. The standard InChI is InChI=1S/C14H17N3O4/c18-13(10-17-5-7-21-8-6-17)16-15-9-11-1-3-12(4-2-11)14(19)20/h1-4,9H,5-8,10H2,(H,16,18)(H,19,20). The van der Waals surface area contributed by atoms with Gasteiger partial charge in [-0.1, -0.05) is 12.1 Å². The van der Waals surface area contributed by atoms with Crippen molar-refractivity contribution in [3.05, 3.63) is 35.4 Å².